The molecule has 0 fully saturated rings. The third kappa shape index (κ3) is 12.7. The fourth-order valence-corrected chi connectivity index (χ4v) is 4.66. The number of aliphatic carboxylic acids is 1. The number of Topliss-reactive ketones (excluding diaryl/α,β-unsaturated/α-hetero) is 1. The Labute approximate surface area is 269 Å². The summed E-state index contributed by atoms with van der Waals surface area (Å²) in [6, 6.07) is 2.84. The van der Waals surface area contributed by atoms with Gasteiger partial charge in [-0.05, 0) is 48.6 Å². The lowest BCUT2D eigenvalue weighted by Gasteiger charge is -2.33. The molecular weight excluding hydrogens is 602 g/mol. The van der Waals surface area contributed by atoms with E-state index in [0.29, 0.717) is 5.56 Å². The summed E-state index contributed by atoms with van der Waals surface area (Å²) in [6.07, 6.45) is -1.76. The minimum absolute atomic E-state index is 0.0262. The number of hydrogen-bond donors (Lipinski definition) is 10. The van der Waals surface area contributed by atoms with Crippen LogP contribution in [0, 0.1) is 23.7 Å². The standard InChI is InChI=1S/C31H51N5O10/c1-16(2)15-22(34-28(41)25(18(5)6)36-27(40)24(32)17(3)4)26(39)20(31(33,45)46)13-14-30(43,44)29(42)35-21-10-8-7-9-19(21)11-12-23(37)38/h7-10,16-18,20,22,24-25,43-46H,11-15,32-33H2,1-6H3,(H,34,41)(H,35,42)(H,36,40)(H,37,38)/t20?,22-,24-,25-/m0/s1. The number of carboxylic acid groups (broad SMARTS) is 1. The topological polar surface area (TPSA) is 275 Å². The smallest absolute Gasteiger partial charge is 0.303 e. The molecule has 0 aliphatic rings. The van der Waals surface area contributed by atoms with Crippen molar-refractivity contribution in [3.05, 3.63) is 29.8 Å². The maximum atomic E-state index is 13.7. The van der Waals surface area contributed by atoms with Crippen molar-refractivity contribution >= 4 is 35.2 Å². The number of anilines is 1. The number of para-hydroxylation sites is 1. The van der Waals surface area contributed by atoms with Gasteiger partial charge in [-0.3, -0.25) is 29.7 Å². The van der Waals surface area contributed by atoms with Crippen LogP contribution >= 0.6 is 0 Å². The minimum atomic E-state index is -3.18. The number of ketones is 1. The van der Waals surface area contributed by atoms with Crippen LogP contribution in [0.1, 0.15) is 72.8 Å². The Balaban J connectivity index is 3.19. The number of nitrogens with two attached hydrogens (primary N) is 2. The zero-order valence-electron chi connectivity index (χ0n) is 27.3. The van der Waals surface area contributed by atoms with Crippen LogP contribution in [-0.4, -0.2) is 84.8 Å². The SMILES string of the molecule is CC(C)C[C@H](NC(=O)[C@@H](NC(=O)[C@@H](N)C(C)C)C(C)C)C(=O)C(CCC(O)(O)C(=O)Nc1ccccc1CCC(=O)O)C(N)(O)O. The van der Waals surface area contributed by atoms with Gasteiger partial charge in [0.05, 0.1) is 18.0 Å². The second-order valence-corrected chi connectivity index (χ2v) is 12.8. The van der Waals surface area contributed by atoms with Crippen LogP contribution in [0.5, 0.6) is 0 Å². The summed E-state index contributed by atoms with van der Waals surface area (Å²) in [5.41, 5.74) is 12.0. The van der Waals surface area contributed by atoms with Gasteiger partial charge in [-0.1, -0.05) is 59.7 Å². The van der Waals surface area contributed by atoms with Crippen molar-refractivity contribution in [1.82, 2.24) is 10.6 Å². The molecule has 0 saturated heterocycles. The van der Waals surface area contributed by atoms with Crippen LogP contribution in [0.25, 0.3) is 0 Å². The second-order valence-electron chi connectivity index (χ2n) is 12.8. The Hall–Kier alpha value is -3.47. The lowest BCUT2D eigenvalue weighted by atomic mass is 9.85. The molecule has 260 valence electrons. The zero-order chi connectivity index (χ0) is 35.6. The number of nitrogens with one attached hydrogen (secondary N) is 3. The van der Waals surface area contributed by atoms with Crippen molar-refractivity contribution in [2.45, 2.75) is 103 Å². The van der Waals surface area contributed by atoms with Crippen LogP contribution in [0.3, 0.4) is 0 Å². The van der Waals surface area contributed by atoms with Crippen molar-refractivity contribution in [3.8, 4) is 0 Å². The van der Waals surface area contributed by atoms with E-state index in [0.717, 1.165) is 0 Å². The number of benzene rings is 1. The predicted molar refractivity (Wildman–Crippen MR) is 168 cm³/mol. The Bertz CT molecular complexity index is 1210. The normalized spacial score (nSPS) is 14.8. The molecule has 0 spiro atoms. The van der Waals surface area contributed by atoms with Crippen LogP contribution in [-0.2, 0) is 30.4 Å². The van der Waals surface area contributed by atoms with Crippen LogP contribution < -0.4 is 27.4 Å². The Morgan fingerprint density at radius 2 is 1.46 bits per heavy atom. The third-order valence-electron chi connectivity index (χ3n) is 7.51. The predicted octanol–water partition coefficient (Wildman–Crippen LogP) is -0.459. The highest BCUT2D eigenvalue weighted by Crippen LogP contribution is 2.26. The summed E-state index contributed by atoms with van der Waals surface area (Å²) in [5, 5.41) is 58.3. The first-order valence-electron chi connectivity index (χ1n) is 15.3. The highest BCUT2D eigenvalue weighted by Gasteiger charge is 2.44. The molecular formula is C31H51N5O10. The molecule has 0 aliphatic carbocycles. The van der Waals surface area contributed by atoms with E-state index in [1.165, 1.54) is 6.07 Å². The fraction of sp³-hybridized carbons (Fsp3) is 0.645. The van der Waals surface area contributed by atoms with E-state index in [-0.39, 0.29) is 36.8 Å². The zero-order valence-corrected chi connectivity index (χ0v) is 27.3. The van der Waals surface area contributed by atoms with E-state index in [1.807, 2.05) is 0 Å². The van der Waals surface area contributed by atoms with Crippen LogP contribution in [0.15, 0.2) is 24.3 Å². The number of carboxylic acids is 1. The maximum absolute atomic E-state index is 13.7. The monoisotopic (exact) mass is 653 g/mol. The molecule has 3 amide bonds. The van der Waals surface area contributed by atoms with Gasteiger partial charge in [0, 0.05) is 18.5 Å². The Kier molecular flexibility index (Phi) is 15.4. The van der Waals surface area contributed by atoms with E-state index in [4.69, 9.17) is 16.6 Å². The molecule has 0 aliphatic heterocycles. The summed E-state index contributed by atoms with van der Waals surface area (Å²) in [4.78, 5) is 63.4. The molecule has 4 atom stereocenters. The second kappa shape index (κ2) is 17.4. The fourth-order valence-electron chi connectivity index (χ4n) is 4.66. The number of rotatable bonds is 19. The van der Waals surface area contributed by atoms with Gasteiger partial charge in [-0.2, -0.15) is 0 Å². The summed E-state index contributed by atoms with van der Waals surface area (Å²) in [7, 11) is 0. The molecule has 46 heavy (non-hydrogen) atoms. The van der Waals surface area contributed by atoms with E-state index >= 15 is 0 Å². The largest absolute Gasteiger partial charge is 0.481 e. The van der Waals surface area contributed by atoms with Crippen LogP contribution in [0.4, 0.5) is 5.69 Å². The van der Waals surface area contributed by atoms with Gasteiger partial charge in [0.1, 0.15) is 6.04 Å². The van der Waals surface area contributed by atoms with E-state index in [9.17, 15) is 44.4 Å². The first-order valence-corrected chi connectivity index (χ1v) is 15.3. The summed E-state index contributed by atoms with van der Waals surface area (Å²) >= 11 is 0. The minimum Gasteiger partial charge on any atom is -0.481 e. The van der Waals surface area contributed by atoms with Gasteiger partial charge in [0.25, 0.3) is 5.91 Å². The van der Waals surface area contributed by atoms with E-state index in [2.05, 4.69) is 16.0 Å². The molecule has 0 saturated carbocycles. The van der Waals surface area contributed by atoms with E-state index < -0.39 is 84.0 Å². The highest BCUT2D eigenvalue weighted by atomic mass is 16.5. The van der Waals surface area contributed by atoms with Gasteiger partial charge >= 0.3 is 5.97 Å². The molecule has 0 heterocycles. The summed E-state index contributed by atoms with van der Waals surface area (Å²) < 4.78 is 0. The van der Waals surface area contributed by atoms with Crippen molar-refractivity contribution < 1.29 is 49.5 Å². The maximum Gasteiger partial charge on any atom is 0.303 e. The van der Waals surface area contributed by atoms with Crippen molar-refractivity contribution in [2.75, 3.05) is 5.32 Å². The quantitative estimate of drug-likeness (QED) is 0.0850. The average molecular weight is 654 g/mol. The Morgan fingerprint density at radius 3 is 1.96 bits per heavy atom. The highest BCUT2D eigenvalue weighted by molar-refractivity contribution is 5.97. The molecule has 12 N–H and O–H groups in total. The summed E-state index contributed by atoms with van der Waals surface area (Å²) in [6.45, 7) is 10.4. The molecule has 15 heteroatoms. The van der Waals surface area contributed by atoms with Gasteiger partial charge in [0.15, 0.2) is 5.78 Å². The molecule has 1 unspecified atom stereocenters. The molecule has 15 nitrogen and oxygen atoms in total. The number of amides is 3. The van der Waals surface area contributed by atoms with Gasteiger partial charge in [0.2, 0.25) is 23.5 Å². The van der Waals surface area contributed by atoms with Gasteiger partial charge < -0.3 is 47.2 Å². The first kappa shape index (κ1) is 40.6. The molecule has 1 rings (SSSR count). The molecule has 0 aromatic heterocycles. The third-order valence-corrected chi connectivity index (χ3v) is 7.51. The van der Waals surface area contributed by atoms with E-state index in [1.54, 1.807) is 59.7 Å². The summed E-state index contributed by atoms with van der Waals surface area (Å²) in [5.74, 6) is -13.6. The first-order chi connectivity index (χ1) is 21.1. The van der Waals surface area contributed by atoms with Gasteiger partial charge in [-0.15, -0.1) is 0 Å². The number of carbonyl (C=O) groups excluding carboxylic acids is 4. The number of hydrogen-bond acceptors (Lipinski definition) is 11. The lowest BCUT2D eigenvalue weighted by molar-refractivity contribution is -0.209. The number of carbonyl (C=O) groups is 5. The number of aryl methyl sites for hydroxylation is 1. The number of aliphatic hydroxyl groups is 4. The van der Waals surface area contributed by atoms with Crippen molar-refractivity contribution in [2.24, 2.45) is 35.1 Å². The molecule has 1 aromatic rings. The average Bonchev–Trinajstić information content (AvgIpc) is 2.92. The van der Waals surface area contributed by atoms with Crippen molar-refractivity contribution in [3.63, 3.8) is 0 Å². The molecule has 1 aromatic carbocycles. The Morgan fingerprint density at radius 1 is 0.870 bits per heavy atom. The van der Waals surface area contributed by atoms with Gasteiger partial charge in [-0.25, -0.2) is 0 Å². The molecule has 0 bridgehead atoms. The lowest BCUT2D eigenvalue weighted by Crippen LogP contribution is -2.60. The molecule has 0 radical (unpaired) electrons. The van der Waals surface area contributed by atoms with Crippen molar-refractivity contribution in [1.29, 1.82) is 0 Å². The van der Waals surface area contributed by atoms with Crippen LogP contribution in [0.2, 0.25) is 0 Å².